The number of fused-ring (bicyclic) bond motifs is 2. The largest absolute Gasteiger partial charge is 0.489 e. The number of carbonyl (C=O) groups excluding carboxylic acids is 2. The summed E-state index contributed by atoms with van der Waals surface area (Å²) in [4.78, 5) is 32.1. The van der Waals surface area contributed by atoms with Crippen LogP contribution in [0.15, 0.2) is 113 Å². The van der Waals surface area contributed by atoms with Crippen LogP contribution in [0.1, 0.15) is 43.0 Å². The van der Waals surface area contributed by atoms with Gasteiger partial charge in [0.2, 0.25) is 0 Å². The Morgan fingerprint density at radius 1 is 0.607 bits per heavy atom. The number of carbonyl (C=O) groups is 2. The minimum Gasteiger partial charge on any atom is -0.423 e. The smallest absolute Gasteiger partial charge is 0.423 e. The summed E-state index contributed by atoms with van der Waals surface area (Å²) in [5.41, 5.74) is 11.2. The fourth-order valence-corrected chi connectivity index (χ4v) is 9.60. The first kappa shape index (κ1) is 41.1. The van der Waals surface area contributed by atoms with Crippen LogP contribution in [-0.4, -0.2) is 39.7 Å². The van der Waals surface area contributed by atoms with Crippen molar-refractivity contribution in [1.29, 1.82) is 0 Å². The van der Waals surface area contributed by atoms with Crippen molar-refractivity contribution in [3.63, 3.8) is 0 Å². The SMILES string of the molecule is Cc1cc(C)cc(-c2nccc3cc(-c4ccc(Cl)cc4C=O)sc23)c1.Cc1cc(C)cc(-c2nccc3cc(Br)sc23)c1.O=Cc1cc(Cl)ccc1B(O)O. The number of aryl methyl sites for hydroxylation is 4. The molecule has 0 aliphatic heterocycles. The van der Waals surface area contributed by atoms with Crippen LogP contribution in [-0.2, 0) is 0 Å². The van der Waals surface area contributed by atoms with E-state index in [1.807, 2.05) is 30.6 Å². The number of aromatic nitrogens is 2. The highest BCUT2D eigenvalue weighted by Crippen LogP contribution is 2.40. The molecule has 8 aromatic rings. The molecule has 4 heterocycles. The van der Waals surface area contributed by atoms with Gasteiger partial charge in [0, 0.05) is 55.1 Å². The van der Waals surface area contributed by atoms with Gasteiger partial charge in [0.1, 0.15) is 6.29 Å². The molecular formula is C44H34BBrCl2N2O4S2. The highest BCUT2D eigenvalue weighted by molar-refractivity contribution is 9.11. The van der Waals surface area contributed by atoms with Crippen LogP contribution in [0, 0.1) is 27.7 Å². The van der Waals surface area contributed by atoms with Gasteiger partial charge in [0.05, 0.1) is 24.6 Å². The van der Waals surface area contributed by atoms with E-state index >= 15 is 0 Å². The zero-order chi connectivity index (χ0) is 40.1. The monoisotopic (exact) mass is 878 g/mol. The molecule has 6 nitrogen and oxygen atoms in total. The summed E-state index contributed by atoms with van der Waals surface area (Å²) in [6.07, 6.45) is 5.11. The standard InChI is InChI=1S/C22H16ClNOS.C15H12BrNS.C7H6BClO3/c1-13-7-14(2)9-16(8-13)21-22-15(5-6-24-21)11-20(26-22)19-4-3-18(23)10-17(19)12-25;1-9-5-10(2)7-12(6-9)14-15-11(3-4-17-14)8-13(16)18-15;9-6-1-2-7(8(11)12)5(3-6)4-10/h3-12H,1-2H3;3-8H,1-2H3;1-4,11-12H. The normalized spacial score (nSPS) is 10.7. The van der Waals surface area contributed by atoms with Gasteiger partial charge in [-0.2, -0.15) is 0 Å². The van der Waals surface area contributed by atoms with Gasteiger partial charge in [-0.1, -0.05) is 69.7 Å². The van der Waals surface area contributed by atoms with Crippen LogP contribution < -0.4 is 5.46 Å². The number of aldehydes is 2. The van der Waals surface area contributed by atoms with Gasteiger partial charge in [-0.3, -0.25) is 19.6 Å². The molecule has 0 fully saturated rings. The molecule has 0 aliphatic rings. The number of hydrogen-bond acceptors (Lipinski definition) is 8. The van der Waals surface area contributed by atoms with Crippen LogP contribution >= 0.6 is 61.8 Å². The van der Waals surface area contributed by atoms with Crippen molar-refractivity contribution in [2.75, 3.05) is 0 Å². The number of thiophene rings is 2. The fraction of sp³-hybridized carbons (Fsp3) is 0.0909. The van der Waals surface area contributed by atoms with Crippen LogP contribution in [0.5, 0.6) is 0 Å². The van der Waals surface area contributed by atoms with E-state index in [4.69, 9.17) is 33.2 Å². The molecule has 280 valence electrons. The van der Waals surface area contributed by atoms with Gasteiger partial charge in [0.25, 0.3) is 0 Å². The maximum Gasteiger partial charge on any atom is 0.489 e. The lowest BCUT2D eigenvalue weighted by Crippen LogP contribution is -2.32. The summed E-state index contributed by atoms with van der Waals surface area (Å²) in [6.45, 7) is 8.45. The zero-order valence-electron chi connectivity index (χ0n) is 30.7. The molecule has 0 bridgehead atoms. The van der Waals surface area contributed by atoms with E-state index in [1.54, 1.807) is 28.7 Å². The molecule has 0 aliphatic carbocycles. The average molecular weight is 881 g/mol. The Morgan fingerprint density at radius 3 is 1.61 bits per heavy atom. The maximum atomic E-state index is 11.5. The van der Waals surface area contributed by atoms with Crippen molar-refractivity contribution in [2.45, 2.75) is 27.7 Å². The zero-order valence-corrected chi connectivity index (χ0v) is 35.4. The second-order valence-corrected chi connectivity index (χ2v) is 17.5. The van der Waals surface area contributed by atoms with Gasteiger partial charge < -0.3 is 10.0 Å². The van der Waals surface area contributed by atoms with E-state index in [0.717, 1.165) is 47.6 Å². The van der Waals surface area contributed by atoms with Gasteiger partial charge in [-0.15, -0.1) is 22.7 Å². The fourth-order valence-electron chi connectivity index (χ4n) is 6.40. The molecule has 56 heavy (non-hydrogen) atoms. The van der Waals surface area contributed by atoms with Gasteiger partial charge in [-0.25, -0.2) is 0 Å². The van der Waals surface area contributed by atoms with Crippen LogP contribution in [0.3, 0.4) is 0 Å². The molecule has 2 N–H and O–H groups in total. The van der Waals surface area contributed by atoms with E-state index in [1.165, 1.54) is 56.1 Å². The Bertz CT molecular complexity index is 2690. The summed E-state index contributed by atoms with van der Waals surface area (Å²) >= 11 is 18.6. The number of pyridine rings is 2. The van der Waals surface area contributed by atoms with Crippen LogP contribution in [0.25, 0.3) is 53.1 Å². The summed E-state index contributed by atoms with van der Waals surface area (Å²) in [5.74, 6) is 0. The lowest BCUT2D eigenvalue weighted by Gasteiger charge is -2.05. The number of halogens is 3. The summed E-state index contributed by atoms with van der Waals surface area (Å²) in [6, 6.07) is 31.1. The summed E-state index contributed by atoms with van der Waals surface area (Å²) in [5, 5.41) is 20.9. The van der Waals surface area contributed by atoms with Crippen LogP contribution in [0.2, 0.25) is 10.0 Å². The molecular weight excluding hydrogens is 846 g/mol. The van der Waals surface area contributed by atoms with Crippen molar-refractivity contribution in [2.24, 2.45) is 0 Å². The number of hydrogen-bond donors (Lipinski definition) is 2. The molecule has 0 unspecified atom stereocenters. The van der Waals surface area contributed by atoms with E-state index in [2.05, 4.69) is 108 Å². The number of rotatable bonds is 6. The minimum atomic E-state index is -1.64. The van der Waals surface area contributed by atoms with E-state index in [9.17, 15) is 9.59 Å². The first-order chi connectivity index (χ1) is 26.8. The molecule has 0 spiro atoms. The molecule has 0 radical (unpaired) electrons. The van der Waals surface area contributed by atoms with E-state index < -0.39 is 7.12 Å². The quantitative estimate of drug-likeness (QED) is 0.127. The van der Waals surface area contributed by atoms with E-state index in [0.29, 0.717) is 21.9 Å². The van der Waals surface area contributed by atoms with Crippen molar-refractivity contribution in [3.05, 3.63) is 157 Å². The van der Waals surface area contributed by atoms with Crippen molar-refractivity contribution < 1.29 is 19.6 Å². The lowest BCUT2D eigenvalue weighted by atomic mass is 9.77. The third-order valence-corrected chi connectivity index (χ3v) is 12.0. The highest BCUT2D eigenvalue weighted by Gasteiger charge is 2.16. The van der Waals surface area contributed by atoms with Gasteiger partial charge >= 0.3 is 7.12 Å². The topological polar surface area (TPSA) is 100 Å². The average Bonchev–Trinajstić information content (AvgIpc) is 3.77. The summed E-state index contributed by atoms with van der Waals surface area (Å²) < 4.78 is 3.52. The molecule has 0 saturated heterocycles. The molecule has 12 heteroatoms. The Balaban J connectivity index is 0.000000154. The molecule has 4 aromatic carbocycles. The molecule has 0 saturated carbocycles. The predicted molar refractivity (Wildman–Crippen MR) is 239 cm³/mol. The van der Waals surface area contributed by atoms with Crippen molar-refractivity contribution in [3.8, 4) is 33.0 Å². The molecule has 8 rings (SSSR count). The van der Waals surface area contributed by atoms with E-state index in [-0.39, 0.29) is 11.0 Å². The molecule has 0 atom stereocenters. The first-order valence-corrected chi connectivity index (χ1v) is 20.5. The van der Waals surface area contributed by atoms with Crippen molar-refractivity contribution in [1.82, 2.24) is 9.97 Å². The Morgan fingerprint density at radius 2 is 1.09 bits per heavy atom. The lowest BCUT2D eigenvalue weighted by molar-refractivity contribution is 0.111. The first-order valence-electron chi connectivity index (χ1n) is 17.3. The van der Waals surface area contributed by atoms with Crippen LogP contribution in [0.4, 0.5) is 0 Å². The summed E-state index contributed by atoms with van der Waals surface area (Å²) in [7, 11) is -1.64. The second-order valence-electron chi connectivity index (χ2n) is 13.2. The highest BCUT2D eigenvalue weighted by atomic mass is 79.9. The number of benzene rings is 4. The minimum absolute atomic E-state index is 0.161. The molecule has 0 amide bonds. The predicted octanol–water partition coefficient (Wildman–Crippen LogP) is 11.9. The third-order valence-electron chi connectivity index (χ3n) is 8.69. The maximum absolute atomic E-state index is 11.5. The Labute approximate surface area is 351 Å². The number of nitrogens with zero attached hydrogens (tertiary/aromatic N) is 2. The Kier molecular flexibility index (Phi) is 13.3. The second kappa shape index (κ2) is 18.2. The molecule has 4 aromatic heterocycles. The van der Waals surface area contributed by atoms with Gasteiger partial charge in [-0.05, 0) is 133 Å². The third kappa shape index (κ3) is 9.70. The Hall–Kier alpha value is -4.52. The van der Waals surface area contributed by atoms with Gasteiger partial charge in [0.15, 0.2) is 6.29 Å². The van der Waals surface area contributed by atoms with Crippen molar-refractivity contribution >= 4 is 107 Å².